The molecule has 2 aromatic heterocycles. The second-order valence-electron chi connectivity index (χ2n) is 4.47. The van der Waals surface area contributed by atoms with Crippen LogP contribution in [0.4, 0.5) is 0 Å². The van der Waals surface area contributed by atoms with Gasteiger partial charge in [-0.15, -0.1) is 11.3 Å². The van der Waals surface area contributed by atoms with Gasteiger partial charge in [0.2, 0.25) is 10.0 Å². The zero-order valence-corrected chi connectivity index (χ0v) is 13.5. The second kappa shape index (κ2) is 7.47. The quantitative estimate of drug-likeness (QED) is 0.835. The van der Waals surface area contributed by atoms with Crippen molar-refractivity contribution >= 4 is 21.4 Å². The number of ether oxygens (including phenoxy) is 1. The van der Waals surface area contributed by atoms with E-state index in [9.17, 15) is 8.42 Å². The molecule has 0 aliphatic rings. The maximum Gasteiger partial charge on any atom is 0.243 e. The Kier molecular flexibility index (Phi) is 5.63. The van der Waals surface area contributed by atoms with Crippen LogP contribution in [-0.4, -0.2) is 27.1 Å². The molecular formula is C14H15N3O3S2. The van der Waals surface area contributed by atoms with Crippen molar-refractivity contribution < 1.29 is 13.2 Å². The molecule has 1 N–H and O–H groups in total. The average Bonchev–Trinajstić information content (AvgIpc) is 3.02. The van der Waals surface area contributed by atoms with E-state index in [-0.39, 0.29) is 9.77 Å². The van der Waals surface area contributed by atoms with Crippen LogP contribution < -0.4 is 4.72 Å². The van der Waals surface area contributed by atoms with Gasteiger partial charge in [0, 0.05) is 26.1 Å². The van der Waals surface area contributed by atoms with Crippen LogP contribution in [-0.2, 0) is 14.8 Å². The fraction of sp³-hybridized carbons (Fsp3) is 0.286. The highest BCUT2D eigenvalue weighted by Crippen LogP contribution is 2.24. The zero-order valence-electron chi connectivity index (χ0n) is 11.9. The van der Waals surface area contributed by atoms with Crippen LogP contribution in [0.25, 0.3) is 0 Å². The van der Waals surface area contributed by atoms with Crippen LogP contribution in [0.3, 0.4) is 0 Å². The fourth-order valence-electron chi connectivity index (χ4n) is 1.95. The van der Waals surface area contributed by atoms with E-state index in [4.69, 9.17) is 10.00 Å². The van der Waals surface area contributed by atoms with Crippen LogP contribution in [0.15, 0.2) is 40.9 Å². The molecule has 0 fully saturated rings. The summed E-state index contributed by atoms with van der Waals surface area (Å²) >= 11 is 1.10. The molecule has 0 spiro atoms. The molecule has 2 aromatic rings. The highest BCUT2D eigenvalue weighted by atomic mass is 32.2. The van der Waals surface area contributed by atoms with Crippen LogP contribution in [0, 0.1) is 11.3 Å². The molecule has 0 aliphatic carbocycles. The summed E-state index contributed by atoms with van der Waals surface area (Å²) in [6, 6.07) is 6.41. The minimum atomic E-state index is -3.78. The molecule has 0 bridgehead atoms. The Morgan fingerprint density at radius 1 is 1.50 bits per heavy atom. The van der Waals surface area contributed by atoms with Crippen molar-refractivity contribution in [1.29, 1.82) is 5.26 Å². The van der Waals surface area contributed by atoms with E-state index in [2.05, 4.69) is 9.71 Å². The van der Waals surface area contributed by atoms with Crippen molar-refractivity contribution in [3.63, 3.8) is 0 Å². The van der Waals surface area contributed by atoms with Crippen molar-refractivity contribution in [2.24, 2.45) is 0 Å². The van der Waals surface area contributed by atoms with Gasteiger partial charge in [-0.2, -0.15) is 5.26 Å². The number of methoxy groups -OCH3 is 1. The third kappa shape index (κ3) is 3.90. The number of rotatable bonds is 7. The molecule has 2 rings (SSSR count). The Morgan fingerprint density at radius 3 is 2.95 bits per heavy atom. The number of sulfonamides is 1. The number of nitrogens with zero attached hydrogens (tertiary/aromatic N) is 2. The summed E-state index contributed by atoms with van der Waals surface area (Å²) in [7, 11) is -2.23. The van der Waals surface area contributed by atoms with Crippen LogP contribution >= 0.6 is 11.3 Å². The molecule has 0 amide bonds. The summed E-state index contributed by atoms with van der Waals surface area (Å²) in [4.78, 5) is 4.19. The highest BCUT2D eigenvalue weighted by Gasteiger charge is 2.24. The molecule has 8 heteroatoms. The van der Waals surface area contributed by atoms with Crippen LogP contribution in [0.2, 0.25) is 0 Å². The van der Waals surface area contributed by atoms with Crippen molar-refractivity contribution in [3.05, 3.63) is 46.4 Å². The van der Waals surface area contributed by atoms with Crippen molar-refractivity contribution in [3.8, 4) is 6.07 Å². The van der Waals surface area contributed by atoms with Gasteiger partial charge >= 0.3 is 0 Å². The molecule has 22 heavy (non-hydrogen) atoms. The van der Waals surface area contributed by atoms with Gasteiger partial charge in [-0.25, -0.2) is 13.1 Å². The lowest BCUT2D eigenvalue weighted by molar-refractivity contribution is 0.186. The lowest BCUT2D eigenvalue weighted by Crippen LogP contribution is -2.29. The zero-order chi connectivity index (χ0) is 16.0. The Hall–Kier alpha value is -1.79. The largest absolute Gasteiger partial charge is 0.385 e. The Balaban J connectivity index is 2.29. The smallest absolute Gasteiger partial charge is 0.243 e. The Bertz CT molecular complexity index is 751. The summed E-state index contributed by atoms with van der Waals surface area (Å²) in [5, 5.41) is 10.6. The molecule has 0 aromatic carbocycles. The second-order valence-corrected chi connectivity index (χ2v) is 7.07. The number of pyridine rings is 1. The minimum absolute atomic E-state index is 0.00584. The topological polar surface area (TPSA) is 92.1 Å². The summed E-state index contributed by atoms with van der Waals surface area (Å²) in [6.07, 6.45) is 3.70. The number of thiophene rings is 1. The van der Waals surface area contributed by atoms with Gasteiger partial charge in [0.15, 0.2) is 0 Å². The molecule has 0 radical (unpaired) electrons. The van der Waals surface area contributed by atoms with E-state index < -0.39 is 16.1 Å². The highest BCUT2D eigenvalue weighted by molar-refractivity contribution is 7.89. The summed E-state index contributed by atoms with van der Waals surface area (Å²) in [5.41, 5.74) is 0.747. The minimum Gasteiger partial charge on any atom is -0.385 e. The van der Waals surface area contributed by atoms with Gasteiger partial charge in [0.1, 0.15) is 15.8 Å². The number of nitriles is 1. The summed E-state index contributed by atoms with van der Waals surface area (Å²) < 4.78 is 32.7. The Morgan fingerprint density at radius 2 is 2.32 bits per heavy atom. The SMILES string of the molecule is COCC[C@H](NS(=O)(=O)c1ccsc1C#N)c1cccnc1. The van der Waals surface area contributed by atoms with Gasteiger partial charge in [-0.3, -0.25) is 4.98 Å². The van der Waals surface area contributed by atoms with Crippen molar-refractivity contribution in [2.75, 3.05) is 13.7 Å². The lowest BCUT2D eigenvalue weighted by Gasteiger charge is -2.18. The Labute approximate surface area is 133 Å². The van der Waals surface area contributed by atoms with Crippen molar-refractivity contribution in [1.82, 2.24) is 9.71 Å². The average molecular weight is 337 g/mol. The molecule has 0 aliphatic heterocycles. The lowest BCUT2D eigenvalue weighted by atomic mass is 10.1. The van der Waals surface area contributed by atoms with E-state index >= 15 is 0 Å². The van der Waals surface area contributed by atoms with E-state index in [0.29, 0.717) is 13.0 Å². The summed E-state index contributed by atoms with van der Waals surface area (Å²) in [5.74, 6) is 0. The van der Waals surface area contributed by atoms with Gasteiger partial charge in [0.25, 0.3) is 0 Å². The molecule has 0 saturated heterocycles. The number of hydrogen-bond donors (Lipinski definition) is 1. The predicted molar refractivity (Wildman–Crippen MR) is 82.8 cm³/mol. The number of nitrogens with one attached hydrogen (secondary N) is 1. The normalized spacial score (nSPS) is 12.7. The van der Waals surface area contributed by atoms with Gasteiger partial charge < -0.3 is 4.74 Å². The maximum atomic E-state index is 12.5. The van der Waals surface area contributed by atoms with E-state index in [0.717, 1.165) is 16.9 Å². The van der Waals surface area contributed by atoms with Crippen molar-refractivity contribution in [2.45, 2.75) is 17.4 Å². The first-order chi connectivity index (χ1) is 10.6. The first kappa shape index (κ1) is 16.6. The van der Waals surface area contributed by atoms with E-state index in [1.807, 2.05) is 6.07 Å². The number of hydrogen-bond acceptors (Lipinski definition) is 6. The molecule has 0 unspecified atom stereocenters. The van der Waals surface area contributed by atoms with Crippen LogP contribution in [0.1, 0.15) is 22.9 Å². The molecule has 6 nitrogen and oxygen atoms in total. The molecular weight excluding hydrogens is 322 g/mol. The van der Waals surface area contributed by atoms with Crippen LogP contribution in [0.5, 0.6) is 0 Å². The molecule has 1 atom stereocenters. The third-order valence-electron chi connectivity index (χ3n) is 3.02. The number of aromatic nitrogens is 1. The molecule has 0 saturated carbocycles. The van der Waals surface area contributed by atoms with Gasteiger partial charge in [-0.05, 0) is 29.5 Å². The monoisotopic (exact) mass is 337 g/mol. The van der Waals surface area contributed by atoms with Gasteiger partial charge in [-0.1, -0.05) is 6.07 Å². The first-order valence-corrected chi connectivity index (χ1v) is 8.83. The third-order valence-corrected chi connectivity index (χ3v) is 5.48. The first-order valence-electron chi connectivity index (χ1n) is 6.47. The van der Waals surface area contributed by atoms with E-state index in [1.54, 1.807) is 37.0 Å². The summed E-state index contributed by atoms with van der Waals surface area (Å²) in [6.45, 7) is 0.400. The fourth-order valence-corrected chi connectivity index (χ4v) is 4.38. The van der Waals surface area contributed by atoms with E-state index in [1.165, 1.54) is 6.07 Å². The molecule has 116 valence electrons. The predicted octanol–water partition coefficient (Wildman–Crippen LogP) is 2.07. The maximum absolute atomic E-state index is 12.5. The standard InChI is InChI=1S/C14H15N3O3S2/c1-20-7-4-12(11-3-2-6-16-10-11)17-22(18,19)14-5-8-21-13(14)9-15/h2-3,5-6,8,10,12,17H,4,7H2,1H3/t12-/m0/s1. The van der Waals surface area contributed by atoms with Gasteiger partial charge in [0.05, 0.1) is 6.04 Å². The molecule has 2 heterocycles.